The molecule has 29 heavy (non-hydrogen) atoms. The Hall–Kier alpha value is -2.38. The average Bonchev–Trinajstić information content (AvgIpc) is 2.70. The van der Waals surface area contributed by atoms with Crippen molar-refractivity contribution in [1.82, 2.24) is 9.62 Å². The maximum atomic E-state index is 12.5. The highest BCUT2D eigenvalue weighted by Gasteiger charge is 2.22. The Morgan fingerprint density at radius 3 is 2.28 bits per heavy atom. The number of hydrogen-bond acceptors (Lipinski definition) is 4. The zero-order valence-electron chi connectivity index (χ0n) is 17.3. The van der Waals surface area contributed by atoms with Crippen LogP contribution in [-0.4, -0.2) is 51.9 Å². The predicted octanol–water partition coefficient (Wildman–Crippen LogP) is 2.63. The first-order chi connectivity index (χ1) is 13.8. The Morgan fingerprint density at radius 2 is 1.62 bits per heavy atom. The number of nitrogens with zero attached hydrogens (tertiary/aromatic N) is 2. The lowest BCUT2D eigenvalue weighted by Gasteiger charge is -2.37. The molecule has 0 unspecified atom stereocenters. The lowest BCUT2D eigenvalue weighted by molar-refractivity contribution is -0.131. The number of amides is 1. The van der Waals surface area contributed by atoms with Gasteiger partial charge in [-0.2, -0.15) is 0 Å². The Kier molecular flexibility index (Phi) is 6.59. The SMILES string of the molecule is Cc1ccc(S(=O)(=O)NCCC(=O)N2CCN(c3cccc(C)c3C)CC2)cc1. The Labute approximate surface area is 173 Å². The molecule has 7 heteroatoms. The summed E-state index contributed by atoms with van der Waals surface area (Å²) in [4.78, 5) is 16.9. The second-order valence-electron chi connectivity index (χ2n) is 7.55. The molecule has 1 N–H and O–H groups in total. The van der Waals surface area contributed by atoms with Crippen LogP contribution in [0.4, 0.5) is 5.69 Å². The van der Waals surface area contributed by atoms with Gasteiger partial charge in [0.05, 0.1) is 4.90 Å². The number of carbonyl (C=O) groups excluding carboxylic acids is 1. The van der Waals surface area contributed by atoms with E-state index in [9.17, 15) is 13.2 Å². The van der Waals surface area contributed by atoms with E-state index >= 15 is 0 Å². The van der Waals surface area contributed by atoms with Gasteiger partial charge in [-0.25, -0.2) is 13.1 Å². The van der Waals surface area contributed by atoms with Crippen molar-refractivity contribution in [3.63, 3.8) is 0 Å². The molecule has 1 fully saturated rings. The van der Waals surface area contributed by atoms with Gasteiger partial charge in [-0.05, 0) is 50.1 Å². The minimum absolute atomic E-state index is 0.0165. The van der Waals surface area contributed by atoms with Gasteiger partial charge in [-0.1, -0.05) is 29.8 Å². The lowest BCUT2D eigenvalue weighted by atomic mass is 10.1. The monoisotopic (exact) mass is 415 g/mol. The summed E-state index contributed by atoms with van der Waals surface area (Å²) in [6.45, 7) is 9.11. The van der Waals surface area contributed by atoms with Crippen LogP contribution in [0.2, 0.25) is 0 Å². The summed E-state index contributed by atoms with van der Waals surface area (Å²) in [5.41, 5.74) is 4.77. The molecule has 156 valence electrons. The van der Waals surface area contributed by atoms with Gasteiger partial charge in [0.1, 0.15) is 0 Å². The standard InChI is InChI=1S/C22H29N3O3S/c1-17-7-9-20(10-8-17)29(27,28)23-12-11-22(26)25-15-13-24(14-16-25)21-6-4-5-18(2)19(21)3/h4-10,23H,11-16H2,1-3H3. The van der Waals surface area contributed by atoms with E-state index in [1.54, 1.807) is 24.3 Å². The lowest BCUT2D eigenvalue weighted by Crippen LogP contribution is -2.49. The molecule has 0 radical (unpaired) electrons. The van der Waals surface area contributed by atoms with Crippen molar-refractivity contribution in [2.75, 3.05) is 37.6 Å². The second kappa shape index (κ2) is 8.97. The number of sulfonamides is 1. The molecule has 2 aromatic rings. The number of aryl methyl sites for hydroxylation is 2. The van der Waals surface area contributed by atoms with Crippen LogP contribution in [0.1, 0.15) is 23.1 Å². The maximum absolute atomic E-state index is 12.5. The van der Waals surface area contributed by atoms with E-state index < -0.39 is 10.0 Å². The van der Waals surface area contributed by atoms with E-state index in [0.717, 1.165) is 18.7 Å². The fourth-order valence-electron chi connectivity index (χ4n) is 3.53. The molecular weight excluding hydrogens is 386 g/mol. The first kappa shape index (κ1) is 21.3. The number of nitrogens with one attached hydrogen (secondary N) is 1. The summed E-state index contributed by atoms with van der Waals surface area (Å²) in [5, 5.41) is 0. The number of anilines is 1. The molecule has 1 aliphatic heterocycles. The van der Waals surface area contributed by atoms with Crippen molar-refractivity contribution in [3.8, 4) is 0 Å². The smallest absolute Gasteiger partial charge is 0.240 e. The molecule has 0 aromatic heterocycles. The molecule has 6 nitrogen and oxygen atoms in total. The molecule has 0 bridgehead atoms. The van der Waals surface area contributed by atoms with Crippen molar-refractivity contribution < 1.29 is 13.2 Å². The quantitative estimate of drug-likeness (QED) is 0.787. The van der Waals surface area contributed by atoms with E-state index in [0.29, 0.717) is 13.1 Å². The maximum Gasteiger partial charge on any atom is 0.240 e. The van der Waals surface area contributed by atoms with Gasteiger partial charge in [-0.15, -0.1) is 0 Å². The second-order valence-corrected chi connectivity index (χ2v) is 9.31. The van der Waals surface area contributed by atoms with Crippen LogP contribution >= 0.6 is 0 Å². The third-order valence-corrected chi connectivity index (χ3v) is 6.99. The molecule has 1 saturated heterocycles. The topological polar surface area (TPSA) is 69.7 Å². The van der Waals surface area contributed by atoms with E-state index in [2.05, 4.69) is 41.7 Å². The van der Waals surface area contributed by atoms with E-state index in [4.69, 9.17) is 0 Å². The van der Waals surface area contributed by atoms with E-state index in [1.165, 1.54) is 16.8 Å². The van der Waals surface area contributed by atoms with Gasteiger partial charge in [0.15, 0.2) is 0 Å². The zero-order chi connectivity index (χ0) is 21.0. The van der Waals surface area contributed by atoms with Gasteiger partial charge in [0.2, 0.25) is 15.9 Å². The molecule has 0 aliphatic carbocycles. The number of hydrogen-bond donors (Lipinski definition) is 1. The number of rotatable bonds is 6. The summed E-state index contributed by atoms with van der Waals surface area (Å²) in [6, 6.07) is 13.0. The minimum atomic E-state index is -3.59. The predicted molar refractivity (Wildman–Crippen MR) is 116 cm³/mol. The molecule has 0 saturated carbocycles. The normalized spacial score (nSPS) is 14.9. The molecule has 1 aliphatic rings. The molecule has 1 amide bonds. The first-order valence-electron chi connectivity index (χ1n) is 9.93. The molecular formula is C22H29N3O3S. The third kappa shape index (κ3) is 5.16. The van der Waals surface area contributed by atoms with Crippen LogP contribution in [0.3, 0.4) is 0 Å². The Bertz CT molecular complexity index is 963. The van der Waals surface area contributed by atoms with Crippen LogP contribution in [0.25, 0.3) is 0 Å². The van der Waals surface area contributed by atoms with Crippen molar-refractivity contribution in [1.29, 1.82) is 0 Å². The number of piperazine rings is 1. The van der Waals surface area contributed by atoms with Crippen LogP contribution in [0.5, 0.6) is 0 Å². The Morgan fingerprint density at radius 1 is 0.966 bits per heavy atom. The highest BCUT2D eigenvalue weighted by atomic mass is 32.2. The fourth-order valence-corrected chi connectivity index (χ4v) is 4.56. The minimum Gasteiger partial charge on any atom is -0.368 e. The summed E-state index contributed by atoms with van der Waals surface area (Å²) in [7, 11) is -3.59. The molecule has 0 atom stereocenters. The van der Waals surface area contributed by atoms with Gasteiger partial charge in [0.25, 0.3) is 0 Å². The molecule has 2 aromatic carbocycles. The first-order valence-corrected chi connectivity index (χ1v) is 11.4. The molecule has 0 spiro atoms. The van der Waals surface area contributed by atoms with Crippen molar-refractivity contribution >= 4 is 21.6 Å². The molecule has 1 heterocycles. The largest absolute Gasteiger partial charge is 0.368 e. The van der Waals surface area contributed by atoms with Gasteiger partial charge in [-0.3, -0.25) is 4.79 Å². The summed E-state index contributed by atoms with van der Waals surface area (Å²) < 4.78 is 27.2. The van der Waals surface area contributed by atoms with Crippen LogP contribution in [0.15, 0.2) is 47.4 Å². The van der Waals surface area contributed by atoms with Gasteiger partial charge in [0, 0.05) is 44.8 Å². The van der Waals surface area contributed by atoms with Crippen LogP contribution in [-0.2, 0) is 14.8 Å². The van der Waals surface area contributed by atoms with Crippen LogP contribution < -0.4 is 9.62 Å². The van der Waals surface area contributed by atoms with Crippen LogP contribution in [0, 0.1) is 20.8 Å². The highest BCUT2D eigenvalue weighted by molar-refractivity contribution is 7.89. The number of benzene rings is 2. The zero-order valence-corrected chi connectivity index (χ0v) is 18.1. The van der Waals surface area contributed by atoms with Gasteiger partial charge < -0.3 is 9.80 Å². The summed E-state index contributed by atoms with van der Waals surface area (Å²) in [5.74, 6) is -0.0165. The summed E-state index contributed by atoms with van der Waals surface area (Å²) in [6.07, 6.45) is 0.161. The van der Waals surface area contributed by atoms with Crippen molar-refractivity contribution in [3.05, 3.63) is 59.2 Å². The third-order valence-electron chi connectivity index (χ3n) is 5.51. The summed E-state index contributed by atoms with van der Waals surface area (Å²) >= 11 is 0. The van der Waals surface area contributed by atoms with Crippen molar-refractivity contribution in [2.45, 2.75) is 32.1 Å². The van der Waals surface area contributed by atoms with Crippen molar-refractivity contribution in [2.24, 2.45) is 0 Å². The van der Waals surface area contributed by atoms with E-state index in [-0.39, 0.29) is 23.8 Å². The Balaban J connectivity index is 1.49. The highest BCUT2D eigenvalue weighted by Crippen LogP contribution is 2.24. The number of carbonyl (C=O) groups is 1. The van der Waals surface area contributed by atoms with E-state index in [1.807, 2.05) is 11.8 Å². The van der Waals surface area contributed by atoms with Gasteiger partial charge >= 0.3 is 0 Å². The average molecular weight is 416 g/mol. The fraction of sp³-hybridized carbons (Fsp3) is 0.409. The molecule has 3 rings (SSSR count).